The predicted molar refractivity (Wildman–Crippen MR) is 95.6 cm³/mol. The van der Waals surface area contributed by atoms with E-state index in [9.17, 15) is 27.5 Å². The van der Waals surface area contributed by atoms with Gasteiger partial charge in [0, 0.05) is 6.07 Å². The van der Waals surface area contributed by atoms with Crippen molar-refractivity contribution in [2.24, 2.45) is 0 Å². The van der Waals surface area contributed by atoms with Gasteiger partial charge in [0.05, 0.1) is 11.6 Å². The van der Waals surface area contributed by atoms with Gasteiger partial charge in [-0.2, -0.15) is 10.2 Å². The molecule has 0 radical (unpaired) electrons. The van der Waals surface area contributed by atoms with Gasteiger partial charge in [-0.25, -0.2) is 9.18 Å². The lowest BCUT2D eigenvalue weighted by Crippen LogP contribution is -2.17. The third-order valence-corrected chi connectivity index (χ3v) is 3.59. The Balaban J connectivity index is 1.93. The number of hydrogen-bond donors (Lipinski definition) is 1. The molecule has 0 bridgehead atoms. The van der Waals surface area contributed by atoms with E-state index in [1.807, 2.05) is 6.07 Å². The lowest BCUT2D eigenvalue weighted by atomic mass is 10.2. The standard InChI is InChI=1S/C20H10F4N2O5/c21-16-9-15(19(27)28)17(26-18(16)29-12-6-4-11(10-25)5-7-12)30-13-2-1-3-14(8-13)31-20(22,23)24/h1-9H,(H,27,28). The van der Waals surface area contributed by atoms with Gasteiger partial charge in [0.1, 0.15) is 22.8 Å². The summed E-state index contributed by atoms with van der Waals surface area (Å²) in [6.07, 6.45) is -4.94. The van der Waals surface area contributed by atoms with Crippen molar-refractivity contribution < 1.29 is 41.7 Å². The van der Waals surface area contributed by atoms with Crippen LogP contribution in [-0.4, -0.2) is 22.4 Å². The molecular weight excluding hydrogens is 424 g/mol. The van der Waals surface area contributed by atoms with Crippen molar-refractivity contribution in [3.63, 3.8) is 0 Å². The van der Waals surface area contributed by atoms with Crippen LogP contribution in [0.1, 0.15) is 15.9 Å². The van der Waals surface area contributed by atoms with Crippen LogP contribution in [-0.2, 0) is 0 Å². The molecule has 0 unspecified atom stereocenters. The third kappa shape index (κ3) is 5.60. The topological polar surface area (TPSA) is 102 Å². The van der Waals surface area contributed by atoms with Gasteiger partial charge in [0.15, 0.2) is 5.82 Å². The zero-order chi connectivity index (χ0) is 22.6. The first-order valence-electron chi connectivity index (χ1n) is 8.30. The average Bonchev–Trinajstić information content (AvgIpc) is 2.69. The number of alkyl halides is 3. The van der Waals surface area contributed by atoms with E-state index in [4.69, 9.17) is 14.7 Å². The normalized spacial score (nSPS) is 10.8. The Bertz CT molecular complexity index is 1160. The number of carboxylic acid groups (broad SMARTS) is 1. The minimum Gasteiger partial charge on any atom is -0.477 e. The summed E-state index contributed by atoms with van der Waals surface area (Å²) < 4.78 is 65.8. The Morgan fingerprint density at radius 1 is 0.968 bits per heavy atom. The molecule has 0 spiro atoms. The number of nitriles is 1. The molecule has 0 saturated carbocycles. The van der Waals surface area contributed by atoms with E-state index in [2.05, 4.69) is 9.72 Å². The number of aromatic nitrogens is 1. The van der Waals surface area contributed by atoms with Gasteiger partial charge in [0.2, 0.25) is 5.88 Å². The number of nitrogens with zero attached hydrogens (tertiary/aromatic N) is 2. The van der Waals surface area contributed by atoms with E-state index in [1.54, 1.807) is 0 Å². The summed E-state index contributed by atoms with van der Waals surface area (Å²) in [6, 6.07) is 12.3. The summed E-state index contributed by atoms with van der Waals surface area (Å²) in [5.41, 5.74) is -0.362. The summed E-state index contributed by atoms with van der Waals surface area (Å²) in [5, 5.41) is 18.1. The zero-order valence-corrected chi connectivity index (χ0v) is 15.2. The number of carboxylic acids is 1. The monoisotopic (exact) mass is 434 g/mol. The van der Waals surface area contributed by atoms with Crippen molar-refractivity contribution in [2.45, 2.75) is 6.36 Å². The molecule has 158 valence electrons. The van der Waals surface area contributed by atoms with Crippen LogP contribution in [0.5, 0.6) is 29.0 Å². The van der Waals surface area contributed by atoms with Gasteiger partial charge in [-0.1, -0.05) is 6.07 Å². The molecule has 1 N–H and O–H groups in total. The maximum absolute atomic E-state index is 14.3. The number of halogens is 4. The molecule has 0 amide bonds. The third-order valence-electron chi connectivity index (χ3n) is 3.59. The summed E-state index contributed by atoms with van der Waals surface area (Å²) in [7, 11) is 0. The molecule has 1 aromatic heterocycles. The second-order valence-corrected chi connectivity index (χ2v) is 5.80. The van der Waals surface area contributed by atoms with Crippen molar-refractivity contribution in [3.8, 4) is 35.1 Å². The van der Waals surface area contributed by atoms with Gasteiger partial charge in [-0.3, -0.25) is 0 Å². The summed E-state index contributed by atoms with van der Waals surface area (Å²) in [6.45, 7) is 0. The molecule has 0 fully saturated rings. The molecule has 3 aromatic rings. The Morgan fingerprint density at radius 3 is 2.23 bits per heavy atom. The molecule has 31 heavy (non-hydrogen) atoms. The number of benzene rings is 2. The van der Waals surface area contributed by atoms with Crippen molar-refractivity contribution >= 4 is 5.97 Å². The molecular formula is C20H10F4N2O5. The fourth-order valence-corrected chi connectivity index (χ4v) is 2.31. The quantitative estimate of drug-likeness (QED) is 0.527. The van der Waals surface area contributed by atoms with Gasteiger partial charge >= 0.3 is 12.3 Å². The second kappa shape index (κ2) is 8.58. The fraction of sp³-hybridized carbons (Fsp3) is 0.0500. The highest BCUT2D eigenvalue weighted by atomic mass is 19.4. The fourth-order valence-electron chi connectivity index (χ4n) is 2.31. The maximum atomic E-state index is 14.3. The minimum atomic E-state index is -4.94. The van der Waals surface area contributed by atoms with Crippen LogP contribution < -0.4 is 14.2 Å². The molecule has 0 aliphatic carbocycles. The Morgan fingerprint density at radius 2 is 1.61 bits per heavy atom. The largest absolute Gasteiger partial charge is 0.573 e. The lowest BCUT2D eigenvalue weighted by molar-refractivity contribution is -0.274. The highest BCUT2D eigenvalue weighted by Crippen LogP contribution is 2.33. The smallest absolute Gasteiger partial charge is 0.477 e. The number of carbonyl (C=O) groups is 1. The minimum absolute atomic E-state index is 0.0972. The maximum Gasteiger partial charge on any atom is 0.573 e. The van der Waals surface area contributed by atoms with E-state index in [0.717, 1.165) is 12.1 Å². The average molecular weight is 434 g/mol. The van der Waals surface area contributed by atoms with Crippen LogP contribution >= 0.6 is 0 Å². The second-order valence-electron chi connectivity index (χ2n) is 5.80. The summed E-state index contributed by atoms with van der Waals surface area (Å²) in [5.74, 6) is -4.74. The molecule has 3 rings (SSSR count). The molecule has 7 nitrogen and oxygen atoms in total. The summed E-state index contributed by atoms with van der Waals surface area (Å²) >= 11 is 0. The highest BCUT2D eigenvalue weighted by molar-refractivity contribution is 5.90. The van der Waals surface area contributed by atoms with Gasteiger partial charge in [-0.15, -0.1) is 13.2 Å². The van der Waals surface area contributed by atoms with Gasteiger partial charge in [0.25, 0.3) is 5.88 Å². The molecule has 0 aliphatic rings. The van der Waals surface area contributed by atoms with Crippen LogP contribution in [0.15, 0.2) is 54.6 Å². The van der Waals surface area contributed by atoms with Crippen LogP contribution in [0.2, 0.25) is 0 Å². The predicted octanol–water partition coefficient (Wildman–Crippen LogP) is 5.27. The number of rotatable bonds is 6. The number of pyridine rings is 1. The lowest BCUT2D eigenvalue weighted by Gasteiger charge is -2.13. The van der Waals surface area contributed by atoms with E-state index in [1.165, 1.54) is 36.4 Å². The van der Waals surface area contributed by atoms with Crippen LogP contribution in [0, 0.1) is 17.1 Å². The van der Waals surface area contributed by atoms with E-state index in [-0.39, 0.29) is 11.5 Å². The molecule has 0 aliphatic heterocycles. The van der Waals surface area contributed by atoms with Crippen LogP contribution in [0.25, 0.3) is 0 Å². The van der Waals surface area contributed by atoms with E-state index in [0.29, 0.717) is 11.6 Å². The number of ether oxygens (including phenoxy) is 3. The molecule has 11 heteroatoms. The van der Waals surface area contributed by atoms with Crippen LogP contribution in [0.3, 0.4) is 0 Å². The highest BCUT2D eigenvalue weighted by Gasteiger charge is 2.31. The van der Waals surface area contributed by atoms with Crippen molar-refractivity contribution in [1.29, 1.82) is 5.26 Å². The Labute approximate surface area is 171 Å². The molecule has 0 saturated heterocycles. The Hall–Kier alpha value is -4.33. The Kier molecular flexibility index (Phi) is 5.92. The zero-order valence-electron chi connectivity index (χ0n) is 15.2. The van der Waals surface area contributed by atoms with Gasteiger partial charge < -0.3 is 19.3 Å². The molecule has 1 heterocycles. The molecule has 2 aromatic carbocycles. The number of hydrogen-bond acceptors (Lipinski definition) is 6. The summed E-state index contributed by atoms with van der Waals surface area (Å²) in [4.78, 5) is 15.1. The van der Waals surface area contributed by atoms with Gasteiger partial charge in [-0.05, 0) is 42.5 Å². The van der Waals surface area contributed by atoms with Crippen molar-refractivity contribution in [1.82, 2.24) is 4.98 Å². The van der Waals surface area contributed by atoms with Crippen molar-refractivity contribution in [3.05, 3.63) is 71.5 Å². The number of aromatic carboxylic acids is 1. The van der Waals surface area contributed by atoms with Crippen molar-refractivity contribution in [2.75, 3.05) is 0 Å². The first-order valence-corrected chi connectivity index (χ1v) is 8.30. The SMILES string of the molecule is N#Cc1ccc(Oc2nc(Oc3cccc(OC(F)(F)F)c3)c(C(=O)O)cc2F)cc1. The first kappa shape index (κ1) is 21.4. The van der Waals surface area contributed by atoms with E-state index >= 15 is 0 Å². The van der Waals surface area contributed by atoms with Crippen LogP contribution in [0.4, 0.5) is 17.6 Å². The van der Waals surface area contributed by atoms with E-state index < -0.39 is 41.2 Å². The molecule has 0 atom stereocenters. The first-order chi connectivity index (χ1) is 14.6.